The zero-order valence-electron chi connectivity index (χ0n) is 10.9. The van der Waals surface area contributed by atoms with E-state index in [0.717, 1.165) is 19.4 Å². The summed E-state index contributed by atoms with van der Waals surface area (Å²) in [4.78, 5) is 10.9. The van der Waals surface area contributed by atoms with Gasteiger partial charge in [-0.25, -0.2) is 0 Å². The second kappa shape index (κ2) is 7.63. The normalized spacial score (nSPS) is 13.6. The maximum atomic E-state index is 10.9. The van der Waals surface area contributed by atoms with E-state index in [-0.39, 0.29) is 24.0 Å². The first-order valence-corrected chi connectivity index (χ1v) is 5.83. The van der Waals surface area contributed by atoms with Crippen LogP contribution in [0.5, 0.6) is 0 Å². The van der Waals surface area contributed by atoms with Gasteiger partial charge in [0.15, 0.2) is 0 Å². The molecule has 2 N–H and O–H groups in total. The molecule has 0 aromatic heterocycles. The number of methoxy groups -OCH3 is 1. The minimum Gasteiger partial charge on any atom is -0.469 e. The van der Waals surface area contributed by atoms with Crippen molar-refractivity contribution in [3.05, 3.63) is 0 Å². The van der Waals surface area contributed by atoms with Gasteiger partial charge in [0.1, 0.15) is 0 Å². The number of ether oxygens (including phenoxy) is 1. The lowest BCUT2D eigenvalue weighted by Crippen LogP contribution is -2.41. The predicted octanol–water partition coefficient (Wildman–Crippen LogP) is 1.33. The van der Waals surface area contributed by atoms with Gasteiger partial charge in [-0.1, -0.05) is 20.8 Å². The lowest BCUT2D eigenvalue weighted by atomic mass is 9.85. The van der Waals surface area contributed by atoms with Crippen molar-refractivity contribution in [2.75, 3.05) is 20.3 Å². The number of hydrogen-bond donors (Lipinski definition) is 2. The van der Waals surface area contributed by atoms with E-state index < -0.39 is 0 Å². The van der Waals surface area contributed by atoms with Crippen LogP contribution in [-0.2, 0) is 9.53 Å². The first-order valence-electron chi connectivity index (χ1n) is 5.83. The van der Waals surface area contributed by atoms with E-state index in [9.17, 15) is 4.79 Å². The summed E-state index contributed by atoms with van der Waals surface area (Å²) in [5.41, 5.74) is 0.119. The molecule has 0 aromatic rings. The largest absolute Gasteiger partial charge is 0.469 e. The van der Waals surface area contributed by atoms with Crippen LogP contribution in [0.4, 0.5) is 0 Å². The van der Waals surface area contributed by atoms with Crippen LogP contribution < -0.4 is 5.32 Å². The summed E-state index contributed by atoms with van der Waals surface area (Å²) in [5.74, 6) is -0.170. The molecule has 0 amide bonds. The summed E-state index contributed by atoms with van der Waals surface area (Å²) in [6, 6.07) is 0.273. The number of rotatable bonds is 7. The summed E-state index contributed by atoms with van der Waals surface area (Å²) >= 11 is 0. The van der Waals surface area contributed by atoms with Crippen LogP contribution in [0.3, 0.4) is 0 Å². The zero-order chi connectivity index (χ0) is 12.6. The maximum Gasteiger partial charge on any atom is 0.305 e. The molecule has 0 radical (unpaired) electrons. The van der Waals surface area contributed by atoms with Crippen LogP contribution in [0.15, 0.2) is 0 Å². The van der Waals surface area contributed by atoms with Crippen LogP contribution in [0, 0.1) is 5.41 Å². The maximum absolute atomic E-state index is 10.9. The minimum absolute atomic E-state index is 0.119. The molecule has 4 heteroatoms. The Bertz CT molecular complexity index is 199. The van der Waals surface area contributed by atoms with Crippen LogP contribution in [-0.4, -0.2) is 37.4 Å². The van der Waals surface area contributed by atoms with Gasteiger partial charge in [-0.15, -0.1) is 0 Å². The molecule has 0 fully saturated rings. The van der Waals surface area contributed by atoms with Crippen molar-refractivity contribution in [3.8, 4) is 0 Å². The molecule has 0 heterocycles. The van der Waals surface area contributed by atoms with E-state index in [2.05, 4.69) is 30.8 Å². The van der Waals surface area contributed by atoms with Crippen LogP contribution >= 0.6 is 0 Å². The lowest BCUT2D eigenvalue weighted by Gasteiger charge is -2.31. The van der Waals surface area contributed by atoms with Gasteiger partial charge in [0.05, 0.1) is 7.11 Å². The van der Waals surface area contributed by atoms with E-state index in [4.69, 9.17) is 5.11 Å². The Morgan fingerprint density at radius 2 is 2.06 bits per heavy atom. The van der Waals surface area contributed by atoms with Crippen molar-refractivity contribution >= 4 is 5.97 Å². The molecular weight excluding hydrogens is 206 g/mol. The van der Waals surface area contributed by atoms with E-state index in [1.807, 2.05) is 0 Å². The molecule has 0 aromatic carbocycles. The molecule has 0 aliphatic rings. The van der Waals surface area contributed by atoms with E-state index in [0.29, 0.717) is 6.42 Å². The third-order valence-electron chi connectivity index (χ3n) is 2.64. The van der Waals surface area contributed by atoms with Crippen molar-refractivity contribution < 1.29 is 14.6 Å². The molecule has 0 aliphatic heterocycles. The molecular formula is C12H25NO3. The molecule has 96 valence electrons. The molecule has 0 spiro atoms. The second-order valence-corrected chi connectivity index (χ2v) is 5.06. The molecule has 0 bridgehead atoms. The Kier molecular flexibility index (Phi) is 7.34. The van der Waals surface area contributed by atoms with Crippen LogP contribution in [0.2, 0.25) is 0 Å². The van der Waals surface area contributed by atoms with Gasteiger partial charge in [-0.3, -0.25) is 4.79 Å². The van der Waals surface area contributed by atoms with Gasteiger partial charge < -0.3 is 15.2 Å². The smallest absolute Gasteiger partial charge is 0.305 e. The fraction of sp³-hybridized carbons (Fsp3) is 0.917. The summed E-state index contributed by atoms with van der Waals surface area (Å²) in [7, 11) is 1.40. The summed E-state index contributed by atoms with van der Waals surface area (Å²) in [5, 5.41) is 12.3. The summed E-state index contributed by atoms with van der Waals surface area (Å²) in [6.07, 6.45) is 1.95. The Labute approximate surface area is 98.4 Å². The van der Waals surface area contributed by atoms with E-state index >= 15 is 0 Å². The Balaban J connectivity index is 3.81. The summed E-state index contributed by atoms with van der Waals surface area (Å²) < 4.78 is 4.57. The molecule has 0 rings (SSSR count). The molecule has 4 nitrogen and oxygen atoms in total. The van der Waals surface area contributed by atoms with Gasteiger partial charge in [0.25, 0.3) is 0 Å². The minimum atomic E-state index is -0.170. The topological polar surface area (TPSA) is 58.6 Å². The number of esters is 1. The van der Waals surface area contributed by atoms with Crippen molar-refractivity contribution in [1.29, 1.82) is 0 Å². The molecule has 0 saturated carbocycles. The average molecular weight is 231 g/mol. The SMILES string of the molecule is COC(=O)CCCNC(CCO)C(C)(C)C. The predicted molar refractivity (Wildman–Crippen MR) is 64.2 cm³/mol. The molecule has 0 aliphatic carbocycles. The van der Waals surface area contributed by atoms with E-state index in [1.165, 1.54) is 7.11 Å². The van der Waals surface area contributed by atoms with Gasteiger partial charge in [-0.2, -0.15) is 0 Å². The molecule has 16 heavy (non-hydrogen) atoms. The Hall–Kier alpha value is -0.610. The first-order chi connectivity index (χ1) is 7.41. The van der Waals surface area contributed by atoms with Gasteiger partial charge in [-0.05, 0) is 24.8 Å². The first kappa shape index (κ1) is 15.4. The van der Waals surface area contributed by atoms with Crippen molar-refractivity contribution in [2.45, 2.75) is 46.1 Å². The monoisotopic (exact) mass is 231 g/mol. The highest BCUT2D eigenvalue weighted by atomic mass is 16.5. The number of aliphatic hydroxyl groups excluding tert-OH is 1. The number of aliphatic hydroxyl groups is 1. The fourth-order valence-corrected chi connectivity index (χ4v) is 1.58. The highest BCUT2D eigenvalue weighted by molar-refractivity contribution is 5.69. The third kappa shape index (κ3) is 6.80. The van der Waals surface area contributed by atoms with Gasteiger partial charge >= 0.3 is 5.97 Å². The third-order valence-corrected chi connectivity index (χ3v) is 2.64. The highest BCUT2D eigenvalue weighted by Crippen LogP contribution is 2.21. The second-order valence-electron chi connectivity index (χ2n) is 5.06. The highest BCUT2D eigenvalue weighted by Gasteiger charge is 2.23. The number of carbonyl (C=O) groups is 1. The zero-order valence-corrected chi connectivity index (χ0v) is 10.9. The number of hydrogen-bond acceptors (Lipinski definition) is 4. The quantitative estimate of drug-likeness (QED) is 0.512. The Morgan fingerprint density at radius 1 is 1.44 bits per heavy atom. The number of nitrogens with one attached hydrogen (secondary N) is 1. The van der Waals surface area contributed by atoms with Gasteiger partial charge in [0.2, 0.25) is 0 Å². The fourth-order valence-electron chi connectivity index (χ4n) is 1.58. The van der Waals surface area contributed by atoms with Crippen LogP contribution in [0.1, 0.15) is 40.0 Å². The van der Waals surface area contributed by atoms with Crippen LogP contribution in [0.25, 0.3) is 0 Å². The summed E-state index contributed by atoms with van der Waals surface area (Å²) in [6.45, 7) is 7.38. The molecule has 1 unspecified atom stereocenters. The van der Waals surface area contributed by atoms with Crippen molar-refractivity contribution in [2.24, 2.45) is 5.41 Å². The lowest BCUT2D eigenvalue weighted by molar-refractivity contribution is -0.140. The average Bonchev–Trinajstić information content (AvgIpc) is 2.20. The standard InChI is InChI=1S/C12H25NO3/c1-12(2,3)10(7-9-14)13-8-5-6-11(15)16-4/h10,13-14H,5-9H2,1-4H3. The molecule has 1 atom stereocenters. The number of carbonyl (C=O) groups excluding carboxylic acids is 1. The van der Waals surface area contributed by atoms with Crippen molar-refractivity contribution in [3.63, 3.8) is 0 Å². The van der Waals surface area contributed by atoms with E-state index in [1.54, 1.807) is 0 Å². The molecule has 0 saturated heterocycles. The van der Waals surface area contributed by atoms with Gasteiger partial charge in [0, 0.05) is 19.1 Å². The Morgan fingerprint density at radius 3 is 2.50 bits per heavy atom. The van der Waals surface area contributed by atoms with Crippen molar-refractivity contribution in [1.82, 2.24) is 5.32 Å².